The molecule has 2 fully saturated rings. The normalized spacial score (nSPS) is 21.3. The number of ether oxygens (including phenoxy) is 1. The molecule has 3 aliphatic heterocycles. The van der Waals surface area contributed by atoms with Crippen LogP contribution in [-0.4, -0.2) is 98.7 Å². The molecule has 0 saturated carbocycles. The largest absolute Gasteiger partial charge is 0.377 e. The number of likely N-dealkylation sites (tertiary alicyclic amines) is 1. The molecule has 3 aliphatic rings. The maximum absolute atomic E-state index is 12.3. The number of amides is 1. The summed E-state index contributed by atoms with van der Waals surface area (Å²) in [4.78, 5) is 23.8. The molecule has 3 rings (SSSR count). The van der Waals surface area contributed by atoms with Crippen LogP contribution in [0.25, 0.3) is 0 Å². The molecule has 28 heavy (non-hydrogen) atoms. The Morgan fingerprint density at radius 1 is 1.14 bits per heavy atom. The summed E-state index contributed by atoms with van der Waals surface area (Å²) >= 11 is 0. The summed E-state index contributed by atoms with van der Waals surface area (Å²) in [5, 5.41) is 3.43. The zero-order valence-electron chi connectivity index (χ0n) is 17.2. The molecule has 0 aromatic rings. The lowest BCUT2D eigenvalue weighted by Gasteiger charge is -2.36. The van der Waals surface area contributed by atoms with E-state index in [0.717, 1.165) is 97.2 Å². The van der Waals surface area contributed by atoms with Crippen LogP contribution >= 0.6 is 24.0 Å². The molecule has 1 amide bonds. The van der Waals surface area contributed by atoms with Gasteiger partial charge in [0.05, 0.1) is 19.8 Å². The minimum absolute atomic E-state index is 0. The molecule has 0 bridgehead atoms. The molecular weight excluding hydrogens is 469 g/mol. The van der Waals surface area contributed by atoms with E-state index in [1.807, 2.05) is 4.90 Å². The molecule has 1 N–H and O–H groups in total. The zero-order chi connectivity index (χ0) is 18.9. The summed E-state index contributed by atoms with van der Waals surface area (Å²) in [6, 6.07) is 0. The van der Waals surface area contributed by atoms with Gasteiger partial charge in [0, 0.05) is 52.4 Å². The standard InChI is InChI=1S/C20H35N5O2.HI/c1-2-21-20(22-8-5-18-6-15-27-16-7-18)25-13-11-23(12-14-25)17-19(26)24-9-3-4-10-24;/h6H,2-5,7-17H2,1H3,(H,21,22);1H. The Labute approximate surface area is 186 Å². The number of carbonyl (C=O) groups excluding carboxylic acids is 1. The number of carbonyl (C=O) groups is 1. The van der Waals surface area contributed by atoms with E-state index in [9.17, 15) is 4.79 Å². The highest BCUT2D eigenvalue weighted by Gasteiger charge is 2.24. The van der Waals surface area contributed by atoms with E-state index in [1.165, 1.54) is 5.57 Å². The highest BCUT2D eigenvalue weighted by molar-refractivity contribution is 14.0. The summed E-state index contributed by atoms with van der Waals surface area (Å²) in [5.41, 5.74) is 1.46. The molecule has 0 spiro atoms. The van der Waals surface area contributed by atoms with Gasteiger partial charge in [-0.3, -0.25) is 14.7 Å². The Morgan fingerprint density at radius 2 is 1.89 bits per heavy atom. The molecule has 2 saturated heterocycles. The van der Waals surface area contributed by atoms with Crippen LogP contribution in [0.4, 0.5) is 0 Å². The molecule has 0 unspecified atom stereocenters. The smallest absolute Gasteiger partial charge is 0.236 e. The summed E-state index contributed by atoms with van der Waals surface area (Å²) in [5.74, 6) is 1.31. The van der Waals surface area contributed by atoms with Crippen molar-refractivity contribution in [2.45, 2.75) is 32.6 Å². The first-order valence-electron chi connectivity index (χ1n) is 10.6. The van der Waals surface area contributed by atoms with Crippen molar-refractivity contribution in [2.75, 3.05) is 72.1 Å². The fourth-order valence-corrected chi connectivity index (χ4v) is 3.90. The van der Waals surface area contributed by atoms with Crippen molar-refractivity contribution < 1.29 is 9.53 Å². The Morgan fingerprint density at radius 3 is 2.54 bits per heavy atom. The van der Waals surface area contributed by atoms with Crippen LogP contribution in [-0.2, 0) is 9.53 Å². The highest BCUT2D eigenvalue weighted by Crippen LogP contribution is 2.12. The molecule has 3 heterocycles. The third kappa shape index (κ3) is 7.18. The van der Waals surface area contributed by atoms with Gasteiger partial charge >= 0.3 is 0 Å². The number of halogens is 1. The van der Waals surface area contributed by atoms with Gasteiger partial charge in [-0.1, -0.05) is 11.6 Å². The van der Waals surface area contributed by atoms with E-state index in [4.69, 9.17) is 9.73 Å². The van der Waals surface area contributed by atoms with Gasteiger partial charge in [-0.25, -0.2) is 0 Å². The number of hydrogen-bond acceptors (Lipinski definition) is 4. The number of nitrogens with one attached hydrogen (secondary N) is 1. The second-order valence-electron chi connectivity index (χ2n) is 7.52. The number of piperazine rings is 1. The van der Waals surface area contributed by atoms with Crippen LogP contribution in [0.2, 0.25) is 0 Å². The first-order chi connectivity index (χ1) is 13.3. The number of nitrogens with zero attached hydrogens (tertiary/aromatic N) is 4. The van der Waals surface area contributed by atoms with E-state index >= 15 is 0 Å². The second kappa shape index (κ2) is 12.6. The van der Waals surface area contributed by atoms with Crippen molar-refractivity contribution in [3.8, 4) is 0 Å². The zero-order valence-corrected chi connectivity index (χ0v) is 19.5. The average molecular weight is 505 g/mol. The Kier molecular flexibility index (Phi) is 10.6. The van der Waals surface area contributed by atoms with Gasteiger partial charge in [-0.15, -0.1) is 24.0 Å². The van der Waals surface area contributed by atoms with Crippen LogP contribution < -0.4 is 5.32 Å². The highest BCUT2D eigenvalue weighted by atomic mass is 127. The number of aliphatic imine (C=N–C) groups is 1. The van der Waals surface area contributed by atoms with Gasteiger partial charge < -0.3 is 19.9 Å². The fourth-order valence-electron chi connectivity index (χ4n) is 3.90. The van der Waals surface area contributed by atoms with E-state index in [0.29, 0.717) is 12.5 Å². The summed E-state index contributed by atoms with van der Waals surface area (Å²) < 4.78 is 5.37. The lowest BCUT2D eigenvalue weighted by Crippen LogP contribution is -2.54. The van der Waals surface area contributed by atoms with Crippen molar-refractivity contribution in [3.63, 3.8) is 0 Å². The second-order valence-corrected chi connectivity index (χ2v) is 7.52. The third-order valence-electron chi connectivity index (χ3n) is 5.58. The van der Waals surface area contributed by atoms with E-state index in [1.54, 1.807) is 0 Å². The molecule has 0 atom stereocenters. The first-order valence-corrected chi connectivity index (χ1v) is 10.6. The molecule has 0 aromatic carbocycles. The van der Waals surface area contributed by atoms with E-state index in [2.05, 4.69) is 28.1 Å². The predicted octanol–water partition coefficient (Wildman–Crippen LogP) is 1.55. The van der Waals surface area contributed by atoms with E-state index < -0.39 is 0 Å². The molecule has 0 radical (unpaired) electrons. The maximum Gasteiger partial charge on any atom is 0.236 e. The number of hydrogen-bond donors (Lipinski definition) is 1. The monoisotopic (exact) mass is 505 g/mol. The van der Waals surface area contributed by atoms with Crippen LogP contribution in [0.15, 0.2) is 16.6 Å². The summed E-state index contributed by atoms with van der Waals surface area (Å²) in [7, 11) is 0. The predicted molar refractivity (Wildman–Crippen MR) is 123 cm³/mol. The number of guanidine groups is 1. The minimum Gasteiger partial charge on any atom is -0.377 e. The SMILES string of the molecule is CCNC(=NCCC1=CCOCC1)N1CCN(CC(=O)N2CCCC2)CC1.I. The Hall–Kier alpha value is -0.870. The topological polar surface area (TPSA) is 60.4 Å². The van der Waals surface area contributed by atoms with E-state index in [-0.39, 0.29) is 24.0 Å². The van der Waals surface area contributed by atoms with Gasteiger partial charge in [-0.05, 0) is 32.6 Å². The minimum atomic E-state index is 0. The van der Waals surface area contributed by atoms with Crippen molar-refractivity contribution in [1.29, 1.82) is 0 Å². The molecule has 8 heteroatoms. The van der Waals surface area contributed by atoms with Gasteiger partial charge in [0.1, 0.15) is 0 Å². The fraction of sp³-hybridized carbons (Fsp3) is 0.800. The van der Waals surface area contributed by atoms with Crippen molar-refractivity contribution in [1.82, 2.24) is 20.0 Å². The maximum atomic E-state index is 12.3. The number of rotatable bonds is 6. The van der Waals surface area contributed by atoms with Crippen LogP contribution in [0.3, 0.4) is 0 Å². The Bertz CT molecular complexity index is 541. The molecule has 0 aliphatic carbocycles. The van der Waals surface area contributed by atoms with Gasteiger partial charge in [-0.2, -0.15) is 0 Å². The molecular formula is C20H36IN5O2. The molecule has 0 aromatic heterocycles. The average Bonchev–Trinajstić information content (AvgIpc) is 3.24. The van der Waals surface area contributed by atoms with Gasteiger partial charge in [0.2, 0.25) is 5.91 Å². The van der Waals surface area contributed by atoms with Gasteiger partial charge in [0.25, 0.3) is 0 Å². The lowest BCUT2D eigenvalue weighted by atomic mass is 10.1. The van der Waals surface area contributed by atoms with Crippen LogP contribution in [0, 0.1) is 0 Å². The summed E-state index contributed by atoms with van der Waals surface area (Å²) in [6.45, 7) is 11.6. The van der Waals surface area contributed by atoms with Crippen LogP contribution in [0.5, 0.6) is 0 Å². The van der Waals surface area contributed by atoms with Crippen molar-refractivity contribution in [2.24, 2.45) is 4.99 Å². The molecule has 7 nitrogen and oxygen atoms in total. The van der Waals surface area contributed by atoms with Crippen molar-refractivity contribution in [3.05, 3.63) is 11.6 Å². The lowest BCUT2D eigenvalue weighted by molar-refractivity contribution is -0.131. The Balaban J connectivity index is 0.00000280. The first kappa shape index (κ1) is 23.4. The molecule has 160 valence electrons. The van der Waals surface area contributed by atoms with Gasteiger partial charge in [0.15, 0.2) is 5.96 Å². The summed E-state index contributed by atoms with van der Waals surface area (Å²) in [6.07, 6.45) is 6.57. The van der Waals surface area contributed by atoms with Crippen LogP contribution in [0.1, 0.15) is 32.6 Å². The third-order valence-corrected chi connectivity index (χ3v) is 5.58. The quantitative estimate of drug-likeness (QED) is 0.257. The van der Waals surface area contributed by atoms with Crippen molar-refractivity contribution >= 4 is 35.8 Å².